The Labute approximate surface area is 107 Å². The first kappa shape index (κ1) is 12.9. The molecule has 2 atom stereocenters. The maximum Gasteiger partial charge on any atom is 0.416 e. The molecule has 1 aliphatic carbocycles. The summed E-state index contributed by atoms with van der Waals surface area (Å²) in [6.07, 6.45) is 1.88. The average Bonchev–Trinajstić information content (AvgIpc) is 2.28. The maximum atomic E-state index is 12.9. The number of pyridine rings is 1. The lowest BCUT2D eigenvalue weighted by atomic mass is 9.83. The third-order valence-corrected chi connectivity index (χ3v) is 4.04. The first-order valence-corrected chi connectivity index (χ1v) is 6.55. The van der Waals surface area contributed by atoms with Crippen LogP contribution in [0.2, 0.25) is 0 Å². The molecule has 1 aromatic heterocycles. The van der Waals surface area contributed by atoms with E-state index in [0.29, 0.717) is 10.4 Å². The molecule has 0 amide bonds. The van der Waals surface area contributed by atoms with Crippen LogP contribution < -0.4 is 0 Å². The van der Waals surface area contributed by atoms with Gasteiger partial charge in [0.25, 0.3) is 0 Å². The summed E-state index contributed by atoms with van der Waals surface area (Å²) in [7, 11) is 0. The monoisotopic (exact) mass is 307 g/mol. The van der Waals surface area contributed by atoms with Gasteiger partial charge in [-0.15, -0.1) is 0 Å². The third-order valence-electron chi connectivity index (χ3n) is 3.21. The summed E-state index contributed by atoms with van der Waals surface area (Å²) in [6, 6.07) is 1.08. The summed E-state index contributed by atoms with van der Waals surface area (Å²) < 4.78 is 38.6. The Morgan fingerprint density at radius 3 is 2.71 bits per heavy atom. The SMILES string of the molecule is FC(F)(F)c1ccncc1C1CCCC(Br)C1. The molecule has 1 saturated carbocycles. The molecule has 17 heavy (non-hydrogen) atoms. The van der Waals surface area contributed by atoms with E-state index in [1.807, 2.05) is 0 Å². The van der Waals surface area contributed by atoms with Crippen LogP contribution >= 0.6 is 15.9 Å². The molecule has 1 aliphatic rings. The molecule has 0 N–H and O–H groups in total. The molecule has 0 radical (unpaired) electrons. The van der Waals surface area contributed by atoms with Crippen LogP contribution in [0.3, 0.4) is 0 Å². The highest BCUT2D eigenvalue weighted by Crippen LogP contribution is 2.41. The minimum Gasteiger partial charge on any atom is -0.264 e. The fourth-order valence-electron chi connectivity index (χ4n) is 2.40. The van der Waals surface area contributed by atoms with Gasteiger partial charge >= 0.3 is 6.18 Å². The van der Waals surface area contributed by atoms with Gasteiger partial charge in [-0.2, -0.15) is 13.2 Å². The van der Waals surface area contributed by atoms with Gasteiger partial charge in [-0.05, 0) is 36.8 Å². The zero-order valence-corrected chi connectivity index (χ0v) is 10.8. The number of hydrogen-bond donors (Lipinski definition) is 0. The second-order valence-corrected chi connectivity index (χ2v) is 5.72. The molecule has 1 heterocycles. The Morgan fingerprint density at radius 1 is 1.29 bits per heavy atom. The Balaban J connectivity index is 2.31. The molecule has 1 nitrogen and oxygen atoms in total. The van der Waals surface area contributed by atoms with E-state index in [1.165, 1.54) is 12.4 Å². The van der Waals surface area contributed by atoms with E-state index in [4.69, 9.17) is 0 Å². The second-order valence-electron chi connectivity index (χ2n) is 4.42. The van der Waals surface area contributed by atoms with Crippen molar-refractivity contribution in [3.63, 3.8) is 0 Å². The van der Waals surface area contributed by atoms with Crippen molar-refractivity contribution in [1.29, 1.82) is 0 Å². The van der Waals surface area contributed by atoms with E-state index in [2.05, 4.69) is 20.9 Å². The summed E-state index contributed by atoms with van der Waals surface area (Å²) in [5.41, 5.74) is -0.178. The number of aromatic nitrogens is 1. The predicted octanol–water partition coefficient (Wildman–Crippen LogP) is 4.52. The molecule has 5 heteroatoms. The topological polar surface area (TPSA) is 12.9 Å². The lowest BCUT2D eigenvalue weighted by Gasteiger charge is -2.27. The summed E-state index contributed by atoms with van der Waals surface area (Å²) in [5.74, 6) is -0.0292. The molecular formula is C12H13BrF3N. The molecule has 0 aliphatic heterocycles. The molecule has 94 valence electrons. The van der Waals surface area contributed by atoms with Crippen molar-refractivity contribution >= 4 is 15.9 Å². The largest absolute Gasteiger partial charge is 0.416 e. The van der Waals surface area contributed by atoms with Gasteiger partial charge in [-0.25, -0.2) is 0 Å². The first-order chi connectivity index (χ1) is 7.98. The molecule has 0 spiro atoms. The zero-order valence-electron chi connectivity index (χ0n) is 9.17. The van der Waals surface area contributed by atoms with Crippen LogP contribution in [0, 0.1) is 0 Å². The highest BCUT2D eigenvalue weighted by molar-refractivity contribution is 9.09. The summed E-state index contributed by atoms with van der Waals surface area (Å²) in [5, 5.41) is 0. The molecule has 2 unspecified atom stereocenters. The Kier molecular flexibility index (Phi) is 3.76. The minimum atomic E-state index is -4.28. The van der Waals surface area contributed by atoms with E-state index in [1.54, 1.807) is 0 Å². The van der Waals surface area contributed by atoms with Gasteiger partial charge < -0.3 is 0 Å². The smallest absolute Gasteiger partial charge is 0.264 e. The lowest BCUT2D eigenvalue weighted by molar-refractivity contribution is -0.138. The van der Waals surface area contributed by atoms with Crippen molar-refractivity contribution in [2.45, 2.75) is 42.6 Å². The van der Waals surface area contributed by atoms with Gasteiger partial charge in [-0.3, -0.25) is 4.98 Å². The van der Waals surface area contributed by atoms with Crippen LogP contribution in [-0.4, -0.2) is 9.81 Å². The van der Waals surface area contributed by atoms with Gasteiger partial charge in [0.2, 0.25) is 0 Å². The Hall–Kier alpha value is -0.580. The molecule has 0 saturated heterocycles. The highest BCUT2D eigenvalue weighted by Gasteiger charge is 2.36. The van der Waals surface area contributed by atoms with E-state index in [-0.39, 0.29) is 5.92 Å². The number of hydrogen-bond acceptors (Lipinski definition) is 1. The number of rotatable bonds is 1. The fraction of sp³-hybridized carbons (Fsp3) is 0.583. The Bertz CT molecular complexity index is 392. The average molecular weight is 308 g/mol. The van der Waals surface area contributed by atoms with Crippen LogP contribution in [0.25, 0.3) is 0 Å². The maximum absolute atomic E-state index is 12.9. The summed E-state index contributed by atoms with van der Waals surface area (Å²) >= 11 is 3.50. The van der Waals surface area contributed by atoms with Crippen molar-refractivity contribution in [3.05, 3.63) is 29.6 Å². The van der Waals surface area contributed by atoms with Gasteiger partial charge in [0, 0.05) is 17.2 Å². The molecular weight excluding hydrogens is 295 g/mol. The van der Waals surface area contributed by atoms with E-state index >= 15 is 0 Å². The number of halogens is 4. The van der Waals surface area contributed by atoms with Crippen molar-refractivity contribution in [2.24, 2.45) is 0 Å². The van der Waals surface area contributed by atoms with E-state index in [9.17, 15) is 13.2 Å². The van der Waals surface area contributed by atoms with Crippen molar-refractivity contribution in [1.82, 2.24) is 4.98 Å². The summed E-state index contributed by atoms with van der Waals surface area (Å²) in [6.45, 7) is 0. The normalized spacial score (nSPS) is 25.9. The van der Waals surface area contributed by atoms with Crippen LogP contribution in [0.4, 0.5) is 13.2 Å². The van der Waals surface area contributed by atoms with Crippen molar-refractivity contribution in [2.75, 3.05) is 0 Å². The van der Waals surface area contributed by atoms with Gasteiger partial charge in [0.15, 0.2) is 0 Å². The third kappa shape index (κ3) is 3.00. The van der Waals surface area contributed by atoms with Crippen LogP contribution in [0.15, 0.2) is 18.5 Å². The van der Waals surface area contributed by atoms with Crippen LogP contribution in [0.1, 0.15) is 42.7 Å². The number of alkyl halides is 4. The van der Waals surface area contributed by atoms with Gasteiger partial charge in [-0.1, -0.05) is 22.4 Å². The lowest BCUT2D eigenvalue weighted by Crippen LogP contribution is -2.18. The molecule has 2 rings (SSSR count). The van der Waals surface area contributed by atoms with Crippen LogP contribution in [-0.2, 0) is 6.18 Å². The zero-order chi connectivity index (χ0) is 12.5. The predicted molar refractivity (Wildman–Crippen MR) is 63.2 cm³/mol. The van der Waals surface area contributed by atoms with Crippen molar-refractivity contribution in [3.8, 4) is 0 Å². The quantitative estimate of drug-likeness (QED) is 0.695. The molecule has 0 aromatic carbocycles. The fourth-order valence-corrected chi connectivity index (χ4v) is 3.18. The first-order valence-electron chi connectivity index (χ1n) is 5.63. The van der Waals surface area contributed by atoms with Gasteiger partial charge in [0.05, 0.1) is 5.56 Å². The highest BCUT2D eigenvalue weighted by atomic mass is 79.9. The van der Waals surface area contributed by atoms with Crippen molar-refractivity contribution < 1.29 is 13.2 Å². The van der Waals surface area contributed by atoms with Gasteiger partial charge in [0.1, 0.15) is 0 Å². The number of nitrogens with zero attached hydrogens (tertiary/aromatic N) is 1. The standard InChI is InChI=1S/C12H13BrF3N/c13-9-3-1-2-8(6-9)10-7-17-5-4-11(10)12(14,15)16/h4-5,7-9H,1-3,6H2. The van der Waals surface area contributed by atoms with E-state index < -0.39 is 11.7 Å². The molecule has 1 aromatic rings. The van der Waals surface area contributed by atoms with Crippen LogP contribution in [0.5, 0.6) is 0 Å². The molecule has 0 bridgehead atoms. The molecule has 1 fully saturated rings. The minimum absolute atomic E-state index is 0.0292. The summed E-state index contributed by atoms with van der Waals surface area (Å²) in [4.78, 5) is 4.17. The second kappa shape index (κ2) is 4.96. The Morgan fingerprint density at radius 2 is 2.06 bits per heavy atom. The van der Waals surface area contributed by atoms with E-state index in [0.717, 1.165) is 31.7 Å².